The number of rotatable bonds is 4. The van der Waals surface area contributed by atoms with E-state index in [-0.39, 0.29) is 5.69 Å². The van der Waals surface area contributed by atoms with E-state index in [1.165, 1.54) is 0 Å². The monoisotopic (exact) mass is 352 g/mol. The number of H-pyrrole nitrogens is 1. The first-order valence-electron chi connectivity index (χ1n) is 7.60. The van der Waals surface area contributed by atoms with E-state index in [0.717, 1.165) is 21.9 Å². The molecule has 0 fully saturated rings. The molecule has 0 amide bonds. The first-order chi connectivity index (χ1) is 12.1. The maximum absolute atomic E-state index is 11.3. The quantitative estimate of drug-likeness (QED) is 0.515. The number of carbonyl (C=O) groups is 1. The van der Waals surface area contributed by atoms with Crippen molar-refractivity contribution in [2.75, 3.05) is 5.32 Å². The average Bonchev–Trinajstić information content (AvgIpc) is 3.06. The van der Waals surface area contributed by atoms with Crippen LogP contribution in [0.5, 0.6) is 0 Å². The summed E-state index contributed by atoms with van der Waals surface area (Å²) < 4.78 is 0. The molecule has 0 spiro atoms. The number of aromatic carboxylic acids is 1. The summed E-state index contributed by atoms with van der Waals surface area (Å²) in [5.74, 6) is -0.418. The van der Waals surface area contributed by atoms with E-state index >= 15 is 0 Å². The van der Waals surface area contributed by atoms with Crippen molar-refractivity contribution in [1.29, 1.82) is 0 Å². The molecule has 0 aliphatic carbocycles. The Morgan fingerprint density at radius 1 is 1.24 bits per heavy atom. The van der Waals surface area contributed by atoms with Crippen LogP contribution in [0.2, 0.25) is 5.02 Å². The third kappa shape index (κ3) is 2.88. The van der Waals surface area contributed by atoms with E-state index in [4.69, 9.17) is 11.6 Å². The Balaban J connectivity index is 1.82. The fourth-order valence-corrected chi connectivity index (χ4v) is 3.02. The minimum absolute atomic E-state index is 0.118. The Morgan fingerprint density at radius 2 is 2.12 bits per heavy atom. The second-order valence-electron chi connectivity index (χ2n) is 5.61. The highest BCUT2D eigenvalue weighted by Gasteiger charge is 2.15. The first kappa shape index (κ1) is 15.4. The van der Waals surface area contributed by atoms with E-state index < -0.39 is 5.97 Å². The molecule has 0 aliphatic rings. The zero-order chi connectivity index (χ0) is 17.4. The summed E-state index contributed by atoms with van der Waals surface area (Å²) in [7, 11) is 0. The van der Waals surface area contributed by atoms with E-state index in [1.807, 2.05) is 30.3 Å². The molecule has 0 aliphatic heterocycles. The molecule has 0 radical (unpaired) electrons. The van der Waals surface area contributed by atoms with Gasteiger partial charge in [-0.05, 0) is 29.8 Å². The largest absolute Gasteiger partial charge is 0.477 e. The number of aromatic amines is 1. The minimum Gasteiger partial charge on any atom is -0.477 e. The number of halogens is 1. The Morgan fingerprint density at radius 3 is 2.92 bits per heavy atom. The minimum atomic E-state index is -1.01. The summed E-state index contributed by atoms with van der Waals surface area (Å²) in [6.45, 7) is 0.516. The van der Waals surface area contributed by atoms with Gasteiger partial charge in [-0.25, -0.2) is 9.78 Å². The van der Waals surface area contributed by atoms with Gasteiger partial charge in [0.05, 0.1) is 17.2 Å². The number of nitrogens with one attached hydrogen (secondary N) is 2. The molecule has 0 unspecified atom stereocenters. The first-order valence-corrected chi connectivity index (χ1v) is 7.97. The van der Waals surface area contributed by atoms with Gasteiger partial charge in [0.2, 0.25) is 0 Å². The van der Waals surface area contributed by atoms with Crippen molar-refractivity contribution < 1.29 is 9.90 Å². The molecule has 25 heavy (non-hydrogen) atoms. The third-order valence-electron chi connectivity index (χ3n) is 3.95. The van der Waals surface area contributed by atoms with E-state index in [1.54, 1.807) is 18.5 Å². The van der Waals surface area contributed by atoms with Gasteiger partial charge in [0.1, 0.15) is 11.5 Å². The summed E-state index contributed by atoms with van der Waals surface area (Å²) in [6.07, 6.45) is 3.31. The number of carboxylic acid groups (broad SMARTS) is 1. The highest BCUT2D eigenvalue weighted by molar-refractivity contribution is 6.30. The Hall–Kier alpha value is -3.12. The molecule has 0 atom stereocenters. The van der Waals surface area contributed by atoms with Crippen molar-refractivity contribution in [3.63, 3.8) is 0 Å². The van der Waals surface area contributed by atoms with E-state index in [9.17, 15) is 9.90 Å². The number of anilines is 1. The number of hydrogen-bond acceptors (Lipinski definition) is 4. The van der Waals surface area contributed by atoms with Crippen LogP contribution in [0, 0.1) is 0 Å². The van der Waals surface area contributed by atoms with Crippen molar-refractivity contribution in [3.8, 4) is 0 Å². The summed E-state index contributed by atoms with van der Waals surface area (Å²) >= 11 is 6.02. The third-order valence-corrected chi connectivity index (χ3v) is 4.19. The number of fused-ring (bicyclic) bond motifs is 3. The van der Waals surface area contributed by atoms with Crippen LogP contribution in [-0.2, 0) is 6.54 Å². The molecule has 3 heterocycles. The van der Waals surface area contributed by atoms with Gasteiger partial charge >= 0.3 is 5.97 Å². The van der Waals surface area contributed by atoms with Crippen molar-refractivity contribution in [3.05, 3.63) is 65.1 Å². The number of hydrogen-bond donors (Lipinski definition) is 3. The second kappa shape index (κ2) is 6.07. The van der Waals surface area contributed by atoms with Gasteiger partial charge in [0, 0.05) is 28.5 Å². The highest BCUT2D eigenvalue weighted by atomic mass is 35.5. The lowest BCUT2D eigenvalue weighted by molar-refractivity contribution is 0.0691. The molecule has 3 N–H and O–H groups in total. The number of carboxylic acids is 1. The van der Waals surface area contributed by atoms with Crippen LogP contribution in [0.15, 0.2) is 48.8 Å². The van der Waals surface area contributed by atoms with Crippen molar-refractivity contribution in [2.24, 2.45) is 0 Å². The lowest BCUT2D eigenvalue weighted by Crippen LogP contribution is -2.02. The zero-order valence-electron chi connectivity index (χ0n) is 13.0. The van der Waals surface area contributed by atoms with Gasteiger partial charge in [-0.15, -0.1) is 0 Å². The SMILES string of the molecule is O=C(O)c1cc2c(NCc3cccc(Cl)c3)nc3cnccc3c2[nH]1. The maximum Gasteiger partial charge on any atom is 0.352 e. The summed E-state index contributed by atoms with van der Waals surface area (Å²) in [4.78, 5) is 23.0. The second-order valence-corrected chi connectivity index (χ2v) is 6.05. The standard InChI is InChI=1S/C18H13ClN4O2/c19-11-3-1-2-10(6-11)8-21-17-13-7-14(18(24)25)22-16(13)12-4-5-20-9-15(12)23-17/h1-7,9,22H,8H2,(H,21,23)(H,24,25). The number of pyridine rings is 2. The smallest absolute Gasteiger partial charge is 0.352 e. The van der Waals surface area contributed by atoms with Crippen LogP contribution in [0.25, 0.3) is 21.8 Å². The van der Waals surface area contributed by atoms with Crippen LogP contribution < -0.4 is 5.32 Å². The Labute approximate surface area is 147 Å². The molecule has 4 aromatic rings. The molecule has 124 valence electrons. The normalized spacial score (nSPS) is 11.1. The predicted octanol–water partition coefficient (Wildman–Crippen LogP) is 4.07. The van der Waals surface area contributed by atoms with Crippen molar-refractivity contribution in [1.82, 2.24) is 15.0 Å². The number of benzene rings is 1. The molecule has 4 rings (SSSR count). The molecule has 1 aromatic carbocycles. The topological polar surface area (TPSA) is 90.9 Å². The predicted molar refractivity (Wildman–Crippen MR) is 97.1 cm³/mol. The molecule has 0 bridgehead atoms. The van der Waals surface area contributed by atoms with Gasteiger partial charge in [0.15, 0.2) is 0 Å². The van der Waals surface area contributed by atoms with Crippen molar-refractivity contribution >= 4 is 45.2 Å². The number of aromatic nitrogens is 3. The molecular formula is C18H13ClN4O2. The zero-order valence-corrected chi connectivity index (χ0v) is 13.7. The number of nitrogens with zero attached hydrogens (tertiary/aromatic N) is 2. The maximum atomic E-state index is 11.3. The van der Waals surface area contributed by atoms with Crippen LogP contribution >= 0.6 is 11.6 Å². The van der Waals surface area contributed by atoms with E-state index in [0.29, 0.717) is 22.9 Å². The molecule has 6 nitrogen and oxygen atoms in total. The summed E-state index contributed by atoms with van der Waals surface area (Å²) in [5.41, 5.74) is 2.52. The van der Waals surface area contributed by atoms with Crippen molar-refractivity contribution in [2.45, 2.75) is 6.54 Å². The molecular weight excluding hydrogens is 340 g/mol. The van der Waals surface area contributed by atoms with E-state index in [2.05, 4.69) is 20.3 Å². The Bertz CT molecular complexity index is 1110. The van der Waals surface area contributed by atoms with Crippen LogP contribution in [0.3, 0.4) is 0 Å². The fourth-order valence-electron chi connectivity index (χ4n) is 2.80. The van der Waals surface area contributed by atoms with Gasteiger partial charge in [0.25, 0.3) is 0 Å². The average molecular weight is 353 g/mol. The Kier molecular flexibility index (Phi) is 3.74. The van der Waals surface area contributed by atoms with Gasteiger partial charge in [-0.3, -0.25) is 4.98 Å². The fraction of sp³-hybridized carbons (Fsp3) is 0.0556. The van der Waals surface area contributed by atoms with Crippen LogP contribution in [-0.4, -0.2) is 26.0 Å². The van der Waals surface area contributed by atoms with Gasteiger partial charge in [-0.1, -0.05) is 23.7 Å². The van der Waals surface area contributed by atoms with Gasteiger partial charge in [-0.2, -0.15) is 0 Å². The van der Waals surface area contributed by atoms with Crippen LogP contribution in [0.1, 0.15) is 16.1 Å². The van der Waals surface area contributed by atoms with Crippen LogP contribution in [0.4, 0.5) is 5.82 Å². The van der Waals surface area contributed by atoms with Gasteiger partial charge < -0.3 is 15.4 Å². The molecule has 3 aromatic heterocycles. The molecule has 0 saturated heterocycles. The highest BCUT2D eigenvalue weighted by Crippen LogP contribution is 2.29. The lowest BCUT2D eigenvalue weighted by Gasteiger charge is -2.09. The molecule has 0 saturated carbocycles. The molecule has 7 heteroatoms. The lowest BCUT2D eigenvalue weighted by atomic mass is 10.2. The summed E-state index contributed by atoms with van der Waals surface area (Å²) in [6, 6.07) is 10.9. The summed E-state index contributed by atoms with van der Waals surface area (Å²) in [5, 5.41) is 14.8.